The van der Waals surface area contributed by atoms with E-state index in [4.69, 9.17) is 5.73 Å². The molecule has 94 valence electrons. The zero-order chi connectivity index (χ0) is 12.9. The Balaban J connectivity index is 3.09. The molecule has 17 heavy (non-hydrogen) atoms. The average Bonchev–Trinajstić information content (AvgIpc) is 2.28. The molecule has 0 fully saturated rings. The molecule has 0 bridgehead atoms. The second-order valence-corrected chi connectivity index (χ2v) is 3.79. The number of hydrogen-bond acceptors (Lipinski definition) is 1. The Morgan fingerprint density at radius 3 is 2.59 bits per heavy atom. The van der Waals surface area contributed by atoms with Gasteiger partial charge in [0.15, 0.2) is 0 Å². The number of rotatable bonds is 4. The lowest BCUT2D eigenvalue weighted by molar-refractivity contribution is -0.137. The highest BCUT2D eigenvalue weighted by molar-refractivity contribution is 5.66. The number of alkyl halides is 3. The van der Waals surface area contributed by atoms with Crippen LogP contribution in [0.5, 0.6) is 0 Å². The largest absolute Gasteiger partial charge is 0.416 e. The van der Waals surface area contributed by atoms with Crippen LogP contribution in [0.25, 0.3) is 5.57 Å². The SMILES string of the molecule is CCC/C(=C\CN)c1cccc(C(F)(F)F)c1. The van der Waals surface area contributed by atoms with Crippen molar-refractivity contribution in [3.63, 3.8) is 0 Å². The Morgan fingerprint density at radius 1 is 1.35 bits per heavy atom. The number of halogens is 3. The summed E-state index contributed by atoms with van der Waals surface area (Å²) < 4.78 is 37.7. The van der Waals surface area contributed by atoms with Crippen molar-refractivity contribution in [3.05, 3.63) is 41.5 Å². The quantitative estimate of drug-likeness (QED) is 0.854. The molecule has 0 aliphatic rings. The maximum Gasteiger partial charge on any atom is 0.416 e. The first-order valence-electron chi connectivity index (χ1n) is 5.55. The maximum absolute atomic E-state index is 12.6. The third-order valence-corrected chi connectivity index (χ3v) is 2.44. The van der Waals surface area contributed by atoms with Gasteiger partial charge in [0, 0.05) is 6.54 Å². The molecule has 1 rings (SSSR count). The van der Waals surface area contributed by atoms with Gasteiger partial charge in [-0.1, -0.05) is 31.6 Å². The lowest BCUT2D eigenvalue weighted by Gasteiger charge is -2.11. The molecule has 1 nitrogen and oxygen atoms in total. The zero-order valence-corrected chi connectivity index (χ0v) is 9.72. The van der Waals surface area contributed by atoms with E-state index in [0.717, 1.165) is 24.5 Å². The van der Waals surface area contributed by atoms with Crippen molar-refractivity contribution in [1.29, 1.82) is 0 Å². The van der Waals surface area contributed by atoms with Crippen LogP contribution in [-0.4, -0.2) is 6.54 Å². The van der Waals surface area contributed by atoms with Crippen LogP contribution < -0.4 is 5.73 Å². The normalized spacial score (nSPS) is 12.9. The third kappa shape index (κ3) is 3.89. The highest BCUT2D eigenvalue weighted by Gasteiger charge is 2.30. The minimum Gasteiger partial charge on any atom is -0.327 e. The van der Waals surface area contributed by atoms with E-state index in [9.17, 15) is 13.2 Å². The minimum absolute atomic E-state index is 0.339. The monoisotopic (exact) mass is 243 g/mol. The summed E-state index contributed by atoms with van der Waals surface area (Å²) in [5.74, 6) is 0. The van der Waals surface area contributed by atoms with Gasteiger partial charge < -0.3 is 5.73 Å². The van der Waals surface area contributed by atoms with E-state index in [1.165, 1.54) is 12.1 Å². The summed E-state index contributed by atoms with van der Waals surface area (Å²) in [7, 11) is 0. The average molecular weight is 243 g/mol. The van der Waals surface area contributed by atoms with Crippen LogP contribution in [0.1, 0.15) is 30.9 Å². The summed E-state index contributed by atoms with van der Waals surface area (Å²) in [5.41, 5.74) is 6.29. The highest BCUT2D eigenvalue weighted by Crippen LogP contribution is 2.31. The lowest BCUT2D eigenvalue weighted by atomic mass is 9.99. The Hall–Kier alpha value is -1.29. The highest BCUT2D eigenvalue weighted by atomic mass is 19.4. The van der Waals surface area contributed by atoms with Crippen LogP contribution >= 0.6 is 0 Å². The van der Waals surface area contributed by atoms with Gasteiger partial charge in [-0.2, -0.15) is 13.2 Å². The van der Waals surface area contributed by atoms with Crippen molar-refractivity contribution in [2.75, 3.05) is 6.54 Å². The molecule has 0 radical (unpaired) electrons. The molecule has 0 unspecified atom stereocenters. The molecule has 0 atom stereocenters. The molecule has 0 spiro atoms. The summed E-state index contributed by atoms with van der Waals surface area (Å²) in [4.78, 5) is 0. The Labute approximate surface area is 99.1 Å². The molecule has 0 saturated heterocycles. The first-order chi connectivity index (χ1) is 7.99. The van der Waals surface area contributed by atoms with Gasteiger partial charge in [-0.15, -0.1) is 0 Å². The molecule has 1 aromatic rings. The molecule has 4 heteroatoms. The predicted octanol–water partition coefficient (Wildman–Crippen LogP) is 3.85. The fourth-order valence-corrected chi connectivity index (χ4v) is 1.67. The van der Waals surface area contributed by atoms with E-state index in [-0.39, 0.29) is 0 Å². The second kappa shape index (κ2) is 5.87. The van der Waals surface area contributed by atoms with Crippen LogP contribution in [0.3, 0.4) is 0 Å². The van der Waals surface area contributed by atoms with Gasteiger partial charge in [0.2, 0.25) is 0 Å². The zero-order valence-electron chi connectivity index (χ0n) is 9.72. The molecular weight excluding hydrogens is 227 g/mol. The van der Waals surface area contributed by atoms with E-state index in [1.807, 2.05) is 6.92 Å². The first-order valence-corrected chi connectivity index (χ1v) is 5.55. The van der Waals surface area contributed by atoms with Crippen molar-refractivity contribution in [1.82, 2.24) is 0 Å². The van der Waals surface area contributed by atoms with Crippen LogP contribution in [0.2, 0.25) is 0 Å². The fourth-order valence-electron chi connectivity index (χ4n) is 1.67. The molecular formula is C13H16F3N. The smallest absolute Gasteiger partial charge is 0.327 e. The minimum atomic E-state index is -4.30. The Morgan fingerprint density at radius 2 is 2.06 bits per heavy atom. The topological polar surface area (TPSA) is 26.0 Å². The molecule has 0 aliphatic heterocycles. The van der Waals surface area contributed by atoms with E-state index in [0.29, 0.717) is 12.1 Å². The predicted molar refractivity (Wildman–Crippen MR) is 63.4 cm³/mol. The summed E-state index contributed by atoms with van der Waals surface area (Å²) in [5, 5.41) is 0. The molecule has 0 aliphatic carbocycles. The van der Waals surface area contributed by atoms with Crippen molar-refractivity contribution >= 4 is 5.57 Å². The van der Waals surface area contributed by atoms with Gasteiger partial charge in [0.25, 0.3) is 0 Å². The van der Waals surface area contributed by atoms with Gasteiger partial charge in [0.05, 0.1) is 5.56 Å². The molecule has 0 heterocycles. The van der Waals surface area contributed by atoms with Gasteiger partial charge in [-0.05, 0) is 29.7 Å². The van der Waals surface area contributed by atoms with Gasteiger partial charge in [-0.3, -0.25) is 0 Å². The number of hydrogen-bond donors (Lipinski definition) is 1. The summed E-state index contributed by atoms with van der Waals surface area (Å²) in [6.45, 7) is 2.32. The number of benzene rings is 1. The van der Waals surface area contributed by atoms with Crippen molar-refractivity contribution in [3.8, 4) is 0 Å². The second-order valence-electron chi connectivity index (χ2n) is 3.79. The van der Waals surface area contributed by atoms with Gasteiger partial charge >= 0.3 is 6.18 Å². The number of nitrogens with two attached hydrogens (primary N) is 1. The van der Waals surface area contributed by atoms with Gasteiger partial charge in [-0.25, -0.2) is 0 Å². The Kier molecular flexibility index (Phi) is 4.75. The van der Waals surface area contributed by atoms with Crippen LogP contribution in [0.15, 0.2) is 30.3 Å². The van der Waals surface area contributed by atoms with E-state index in [2.05, 4.69) is 0 Å². The summed E-state index contributed by atoms with van der Waals surface area (Å²) in [6, 6.07) is 5.37. The molecule has 1 aromatic carbocycles. The van der Waals surface area contributed by atoms with Crippen LogP contribution in [0, 0.1) is 0 Å². The molecule has 0 aromatic heterocycles. The summed E-state index contributed by atoms with van der Waals surface area (Å²) in [6.07, 6.45) is -0.907. The van der Waals surface area contributed by atoms with Crippen molar-refractivity contribution in [2.24, 2.45) is 5.73 Å². The fraction of sp³-hybridized carbons (Fsp3) is 0.385. The van der Waals surface area contributed by atoms with Crippen molar-refractivity contribution < 1.29 is 13.2 Å². The van der Waals surface area contributed by atoms with E-state index >= 15 is 0 Å². The number of allylic oxidation sites excluding steroid dienone is 1. The first kappa shape index (κ1) is 13.8. The van der Waals surface area contributed by atoms with E-state index in [1.54, 1.807) is 12.1 Å². The standard InChI is InChI=1S/C13H16F3N/c1-2-4-10(7-8-17)11-5-3-6-12(9-11)13(14,15)16/h3,5-7,9H,2,4,8,17H2,1H3/b10-7+. The van der Waals surface area contributed by atoms with Crippen LogP contribution in [0.4, 0.5) is 13.2 Å². The Bertz CT molecular complexity index is 394. The molecule has 0 amide bonds. The molecule has 2 N–H and O–H groups in total. The molecule has 0 saturated carbocycles. The lowest BCUT2D eigenvalue weighted by Crippen LogP contribution is -2.05. The van der Waals surface area contributed by atoms with Crippen molar-refractivity contribution in [2.45, 2.75) is 25.9 Å². The maximum atomic E-state index is 12.6. The van der Waals surface area contributed by atoms with Crippen LogP contribution in [-0.2, 0) is 6.18 Å². The third-order valence-electron chi connectivity index (χ3n) is 2.44. The van der Waals surface area contributed by atoms with E-state index < -0.39 is 11.7 Å². The summed E-state index contributed by atoms with van der Waals surface area (Å²) >= 11 is 0. The van der Waals surface area contributed by atoms with Gasteiger partial charge in [0.1, 0.15) is 0 Å².